The number of hydrogen-bond acceptors (Lipinski definition) is 5. The van der Waals surface area contributed by atoms with Crippen molar-refractivity contribution in [3.05, 3.63) is 54.0 Å². The van der Waals surface area contributed by atoms with Crippen LogP contribution in [0.5, 0.6) is 5.75 Å². The predicted molar refractivity (Wildman–Crippen MR) is 94.8 cm³/mol. The van der Waals surface area contributed by atoms with E-state index >= 15 is 0 Å². The molecule has 2 aromatic rings. The van der Waals surface area contributed by atoms with Crippen molar-refractivity contribution in [1.29, 1.82) is 0 Å². The van der Waals surface area contributed by atoms with E-state index in [9.17, 15) is 13.2 Å². The Kier molecular flexibility index (Phi) is 6.90. The molecule has 0 aliphatic rings. The van der Waals surface area contributed by atoms with Gasteiger partial charge in [-0.3, -0.25) is 4.79 Å². The average Bonchev–Trinajstić information content (AvgIpc) is 3.09. The third kappa shape index (κ3) is 6.10. The van der Waals surface area contributed by atoms with Gasteiger partial charge in [0.05, 0.1) is 18.6 Å². The summed E-state index contributed by atoms with van der Waals surface area (Å²) in [6.45, 7) is 2.21. The highest BCUT2D eigenvalue weighted by Gasteiger charge is 2.16. The number of benzene rings is 1. The Morgan fingerprint density at radius 1 is 1.20 bits per heavy atom. The molecule has 0 saturated carbocycles. The lowest BCUT2D eigenvalue weighted by molar-refractivity contribution is -0.132. The maximum atomic E-state index is 12.3. The number of rotatable bonds is 9. The third-order valence-electron chi connectivity index (χ3n) is 3.46. The first-order valence-electron chi connectivity index (χ1n) is 7.80. The summed E-state index contributed by atoms with van der Waals surface area (Å²) in [6.07, 6.45) is 1.79. The van der Waals surface area contributed by atoms with Gasteiger partial charge in [-0.15, -0.1) is 11.6 Å². The fourth-order valence-electron chi connectivity index (χ4n) is 2.14. The van der Waals surface area contributed by atoms with Crippen molar-refractivity contribution in [2.75, 3.05) is 11.6 Å². The second-order valence-electron chi connectivity index (χ2n) is 5.34. The van der Waals surface area contributed by atoms with Crippen LogP contribution < -0.4 is 4.18 Å². The van der Waals surface area contributed by atoms with Gasteiger partial charge in [0.2, 0.25) is 5.91 Å². The Bertz CT molecular complexity index is 772. The lowest BCUT2D eigenvalue weighted by Crippen LogP contribution is -2.30. The fourth-order valence-corrected chi connectivity index (χ4v) is 2.82. The second-order valence-corrected chi connectivity index (χ2v) is 7.58. The first kappa shape index (κ1) is 19.3. The van der Waals surface area contributed by atoms with Crippen molar-refractivity contribution in [3.8, 4) is 5.75 Å². The van der Waals surface area contributed by atoms with Crippen LogP contribution in [0.4, 0.5) is 0 Å². The molecule has 6 nitrogen and oxygen atoms in total. The summed E-state index contributed by atoms with van der Waals surface area (Å²) in [4.78, 5) is 13.9. The molecule has 0 atom stereocenters. The van der Waals surface area contributed by atoms with E-state index in [1.807, 2.05) is 0 Å². The second kappa shape index (κ2) is 8.92. The van der Waals surface area contributed by atoms with Gasteiger partial charge >= 0.3 is 10.1 Å². The molecular weight excluding hydrogens is 366 g/mol. The molecule has 0 fully saturated rings. The summed E-state index contributed by atoms with van der Waals surface area (Å²) >= 11 is 5.68. The van der Waals surface area contributed by atoms with Crippen LogP contribution in [0.3, 0.4) is 0 Å². The molecule has 25 heavy (non-hydrogen) atoms. The molecule has 8 heteroatoms. The van der Waals surface area contributed by atoms with E-state index in [0.29, 0.717) is 18.8 Å². The lowest BCUT2D eigenvalue weighted by Gasteiger charge is -2.21. The number of carbonyl (C=O) groups excluding carboxylic acids is 1. The molecule has 0 bridgehead atoms. The van der Waals surface area contributed by atoms with Gasteiger partial charge in [-0.1, -0.05) is 12.1 Å². The summed E-state index contributed by atoms with van der Waals surface area (Å²) in [5.41, 5.74) is 0.843. The van der Waals surface area contributed by atoms with Gasteiger partial charge in [-0.25, -0.2) is 0 Å². The minimum atomic E-state index is -3.56. The molecule has 1 amide bonds. The van der Waals surface area contributed by atoms with Crippen molar-refractivity contribution in [2.45, 2.75) is 26.4 Å². The van der Waals surface area contributed by atoms with E-state index in [1.165, 1.54) is 6.92 Å². The van der Waals surface area contributed by atoms with Crippen molar-refractivity contribution in [3.63, 3.8) is 0 Å². The van der Waals surface area contributed by atoms with Crippen LogP contribution in [0, 0.1) is 0 Å². The third-order valence-corrected chi connectivity index (χ3v) is 4.80. The van der Waals surface area contributed by atoms with E-state index in [-0.39, 0.29) is 29.7 Å². The molecule has 0 unspecified atom stereocenters. The topological polar surface area (TPSA) is 76.8 Å². The zero-order valence-corrected chi connectivity index (χ0v) is 15.4. The van der Waals surface area contributed by atoms with E-state index < -0.39 is 10.1 Å². The molecule has 136 valence electrons. The standard InChI is InChI=1S/C17H20ClNO5S/c1-2-25(21,22)24-15-7-5-14(6-8-15)12-19(17(20)9-10-18)13-16-4-3-11-23-16/h3-8,11H,2,9-10,12-13H2,1H3. The van der Waals surface area contributed by atoms with Crippen LogP contribution in [-0.2, 0) is 28.0 Å². The molecule has 2 rings (SSSR count). The first-order valence-corrected chi connectivity index (χ1v) is 9.92. The molecule has 0 aliphatic heterocycles. The molecule has 0 N–H and O–H groups in total. The number of halogens is 1. The number of amides is 1. The SMILES string of the molecule is CCS(=O)(=O)Oc1ccc(CN(Cc2ccco2)C(=O)CCCl)cc1. The zero-order chi connectivity index (χ0) is 18.3. The van der Waals surface area contributed by atoms with Gasteiger partial charge in [-0.2, -0.15) is 8.42 Å². The zero-order valence-electron chi connectivity index (χ0n) is 13.9. The summed E-state index contributed by atoms with van der Waals surface area (Å²) in [5, 5.41) is 0. The fraction of sp³-hybridized carbons (Fsp3) is 0.353. The minimum Gasteiger partial charge on any atom is -0.467 e. The highest BCUT2D eigenvalue weighted by atomic mass is 35.5. The molecule has 0 aliphatic carbocycles. The monoisotopic (exact) mass is 385 g/mol. The largest absolute Gasteiger partial charge is 0.467 e. The van der Waals surface area contributed by atoms with E-state index in [2.05, 4.69) is 0 Å². The van der Waals surface area contributed by atoms with Gasteiger partial charge in [0.25, 0.3) is 0 Å². The number of carbonyl (C=O) groups is 1. The van der Waals surface area contributed by atoms with E-state index in [4.69, 9.17) is 20.2 Å². The molecule has 1 aromatic heterocycles. The summed E-state index contributed by atoms with van der Waals surface area (Å²) in [7, 11) is -3.56. The summed E-state index contributed by atoms with van der Waals surface area (Å²) < 4.78 is 33.2. The summed E-state index contributed by atoms with van der Waals surface area (Å²) in [6, 6.07) is 10.2. The van der Waals surface area contributed by atoms with Crippen molar-refractivity contribution < 1.29 is 21.8 Å². The van der Waals surface area contributed by atoms with Crippen molar-refractivity contribution in [1.82, 2.24) is 4.90 Å². The van der Waals surface area contributed by atoms with Crippen LogP contribution in [0.2, 0.25) is 0 Å². The smallest absolute Gasteiger partial charge is 0.308 e. The van der Waals surface area contributed by atoms with Crippen LogP contribution >= 0.6 is 11.6 Å². The van der Waals surface area contributed by atoms with Crippen LogP contribution in [0.15, 0.2) is 47.1 Å². The Morgan fingerprint density at radius 2 is 1.92 bits per heavy atom. The maximum Gasteiger partial charge on any atom is 0.308 e. The molecule has 0 spiro atoms. The number of furan rings is 1. The Balaban J connectivity index is 2.08. The molecular formula is C17H20ClNO5S. The summed E-state index contributed by atoms with van der Waals surface area (Å²) in [5.74, 6) is 0.987. The highest BCUT2D eigenvalue weighted by Crippen LogP contribution is 2.17. The van der Waals surface area contributed by atoms with Crippen LogP contribution in [-0.4, -0.2) is 30.9 Å². The quantitative estimate of drug-likeness (QED) is 0.489. The molecule has 1 aromatic carbocycles. The maximum absolute atomic E-state index is 12.3. The Hall–Kier alpha value is -1.99. The van der Waals surface area contributed by atoms with Crippen LogP contribution in [0.25, 0.3) is 0 Å². The molecule has 1 heterocycles. The van der Waals surface area contributed by atoms with Gasteiger partial charge in [0, 0.05) is 18.8 Å². The Morgan fingerprint density at radius 3 is 2.48 bits per heavy atom. The highest BCUT2D eigenvalue weighted by molar-refractivity contribution is 7.87. The Labute approximate surface area is 152 Å². The average molecular weight is 386 g/mol. The normalized spacial score (nSPS) is 11.3. The van der Waals surface area contributed by atoms with Gasteiger partial charge in [-0.05, 0) is 36.8 Å². The molecule has 0 radical (unpaired) electrons. The van der Waals surface area contributed by atoms with Crippen molar-refractivity contribution >= 4 is 27.6 Å². The predicted octanol–water partition coefficient (Wildman–Crippen LogP) is 3.17. The van der Waals surface area contributed by atoms with Gasteiger partial charge in [0.1, 0.15) is 11.5 Å². The van der Waals surface area contributed by atoms with Gasteiger partial charge in [0.15, 0.2) is 0 Å². The van der Waals surface area contributed by atoms with Gasteiger partial charge < -0.3 is 13.5 Å². The number of nitrogens with zero attached hydrogens (tertiary/aromatic N) is 1. The number of alkyl halides is 1. The number of hydrogen-bond donors (Lipinski definition) is 0. The minimum absolute atomic E-state index is 0.0831. The lowest BCUT2D eigenvalue weighted by atomic mass is 10.2. The molecule has 0 saturated heterocycles. The van der Waals surface area contributed by atoms with Crippen molar-refractivity contribution in [2.24, 2.45) is 0 Å². The van der Waals surface area contributed by atoms with E-state index in [1.54, 1.807) is 47.6 Å². The first-order chi connectivity index (χ1) is 11.9. The van der Waals surface area contributed by atoms with E-state index in [0.717, 1.165) is 5.56 Å². The van der Waals surface area contributed by atoms with Crippen LogP contribution in [0.1, 0.15) is 24.7 Å².